The molecule has 4 rings (SSSR count). The summed E-state index contributed by atoms with van der Waals surface area (Å²) in [6.45, 7) is 1.94. The van der Waals surface area contributed by atoms with Crippen molar-refractivity contribution < 1.29 is 23.6 Å². The van der Waals surface area contributed by atoms with Crippen molar-refractivity contribution in [2.24, 2.45) is 0 Å². The predicted octanol–water partition coefficient (Wildman–Crippen LogP) is 5.24. The molecule has 1 aliphatic rings. The highest BCUT2D eigenvalue weighted by atomic mass is 19.1. The molecule has 0 aromatic heterocycles. The van der Waals surface area contributed by atoms with E-state index in [1.165, 1.54) is 30.3 Å². The summed E-state index contributed by atoms with van der Waals surface area (Å²) in [7, 11) is 0. The molecule has 0 aliphatic carbocycles. The van der Waals surface area contributed by atoms with Crippen LogP contribution < -0.4 is 9.47 Å². The first kappa shape index (κ1) is 19.3. The number of benzene rings is 3. The quantitative estimate of drug-likeness (QED) is 0.330. The number of nitro groups is 1. The topological polar surface area (TPSA) is 78.7 Å². The van der Waals surface area contributed by atoms with Gasteiger partial charge in [-0.2, -0.15) is 0 Å². The number of aryl methyl sites for hydroxylation is 1. The molecule has 150 valence electrons. The van der Waals surface area contributed by atoms with Crippen LogP contribution in [0.3, 0.4) is 0 Å². The molecule has 0 atom stereocenters. The number of carbonyl (C=O) groups excluding carboxylic acids is 1. The third-order valence-electron chi connectivity index (χ3n) is 4.62. The zero-order valence-electron chi connectivity index (χ0n) is 15.9. The number of carbonyl (C=O) groups is 1. The van der Waals surface area contributed by atoms with Crippen LogP contribution in [-0.4, -0.2) is 10.7 Å². The average molecular weight is 405 g/mol. The number of nitrogens with zero attached hydrogens (tertiary/aromatic N) is 1. The van der Waals surface area contributed by atoms with Gasteiger partial charge in [0.05, 0.1) is 10.5 Å². The van der Waals surface area contributed by atoms with Gasteiger partial charge in [0.25, 0.3) is 5.69 Å². The van der Waals surface area contributed by atoms with Gasteiger partial charge in [0, 0.05) is 18.2 Å². The second-order valence-electron chi connectivity index (χ2n) is 6.82. The molecule has 1 aliphatic heterocycles. The van der Waals surface area contributed by atoms with Crippen molar-refractivity contribution in [1.82, 2.24) is 0 Å². The highest BCUT2D eigenvalue weighted by Gasteiger charge is 2.30. The van der Waals surface area contributed by atoms with E-state index in [0.29, 0.717) is 33.8 Å². The molecule has 0 unspecified atom stereocenters. The maximum absolute atomic E-state index is 13.3. The van der Waals surface area contributed by atoms with Crippen molar-refractivity contribution in [3.63, 3.8) is 0 Å². The molecule has 0 radical (unpaired) electrons. The molecule has 0 N–H and O–H groups in total. The van der Waals surface area contributed by atoms with Crippen LogP contribution in [0.1, 0.15) is 27.0 Å². The number of halogens is 1. The molecule has 6 nitrogen and oxygen atoms in total. The van der Waals surface area contributed by atoms with Crippen LogP contribution in [0.25, 0.3) is 6.08 Å². The molecule has 7 heteroatoms. The number of non-ortho nitro benzene ring substituents is 1. The first-order chi connectivity index (χ1) is 14.4. The highest BCUT2D eigenvalue weighted by Crippen LogP contribution is 2.37. The molecule has 0 bridgehead atoms. The van der Waals surface area contributed by atoms with Gasteiger partial charge < -0.3 is 9.47 Å². The second-order valence-corrected chi connectivity index (χ2v) is 6.82. The molecule has 0 amide bonds. The number of Topliss-reactive ketones (excluding diaryl/α,β-unsaturated/α-hetero) is 1. The van der Waals surface area contributed by atoms with E-state index in [1.54, 1.807) is 43.3 Å². The molecule has 0 saturated carbocycles. The number of hydrogen-bond donors (Lipinski definition) is 0. The molecule has 3 aromatic carbocycles. The van der Waals surface area contributed by atoms with Crippen LogP contribution in [0.2, 0.25) is 0 Å². The summed E-state index contributed by atoms with van der Waals surface area (Å²) in [5.41, 5.74) is 2.19. The normalized spacial score (nSPS) is 13.8. The smallest absolute Gasteiger partial charge is 0.270 e. The second kappa shape index (κ2) is 7.79. The minimum atomic E-state index is -0.500. The van der Waals surface area contributed by atoms with Crippen molar-refractivity contribution in [2.75, 3.05) is 0 Å². The van der Waals surface area contributed by atoms with Crippen LogP contribution in [0.5, 0.6) is 11.5 Å². The number of fused-ring (bicyclic) bond motifs is 1. The maximum atomic E-state index is 13.3. The summed E-state index contributed by atoms with van der Waals surface area (Å²) in [4.78, 5) is 23.2. The van der Waals surface area contributed by atoms with Gasteiger partial charge >= 0.3 is 0 Å². The van der Waals surface area contributed by atoms with Gasteiger partial charge in [-0.3, -0.25) is 14.9 Å². The van der Waals surface area contributed by atoms with Crippen molar-refractivity contribution in [1.29, 1.82) is 0 Å². The fourth-order valence-electron chi connectivity index (χ4n) is 3.23. The number of hydrogen-bond acceptors (Lipinski definition) is 5. The minimum absolute atomic E-state index is 0.0727. The van der Waals surface area contributed by atoms with E-state index in [-0.39, 0.29) is 29.7 Å². The van der Waals surface area contributed by atoms with Crippen LogP contribution in [0, 0.1) is 22.9 Å². The zero-order chi connectivity index (χ0) is 21.3. The maximum Gasteiger partial charge on any atom is 0.270 e. The zero-order valence-corrected chi connectivity index (χ0v) is 15.9. The Morgan fingerprint density at radius 2 is 1.93 bits per heavy atom. The standard InChI is InChI=1S/C23H16FNO5/c1-14-8-19(29-13-16-5-2-6-17(24)9-16)12-20-22(14)23(26)21(30-20)11-15-4-3-7-18(10-15)25(27)28/h2-12H,13H2,1H3/b21-11-. The molecule has 0 fully saturated rings. The van der Waals surface area contributed by atoms with E-state index in [2.05, 4.69) is 0 Å². The summed E-state index contributed by atoms with van der Waals surface area (Å²) in [6, 6.07) is 15.4. The third kappa shape index (κ3) is 3.91. The lowest BCUT2D eigenvalue weighted by Gasteiger charge is -2.09. The van der Waals surface area contributed by atoms with Crippen LogP contribution in [0.4, 0.5) is 10.1 Å². The van der Waals surface area contributed by atoms with E-state index in [4.69, 9.17) is 9.47 Å². The van der Waals surface area contributed by atoms with Crippen LogP contribution >= 0.6 is 0 Å². The van der Waals surface area contributed by atoms with Gasteiger partial charge in [-0.05, 0) is 47.9 Å². The van der Waals surface area contributed by atoms with E-state index in [1.807, 2.05) is 0 Å². The van der Waals surface area contributed by atoms with Crippen molar-refractivity contribution >= 4 is 17.5 Å². The molecule has 1 heterocycles. The van der Waals surface area contributed by atoms with Gasteiger partial charge in [0.15, 0.2) is 5.76 Å². The summed E-state index contributed by atoms with van der Waals surface area (Å²) in [6.07, 6.45) is 1.47. The average Bonchev–Trinajstić information content (AvgIpc) is 3.02. The highest BCUT2D eigenvalue weighted by molar-refractivity contribution is 6.15. The van der Waals surface area contributed by atoms with E-state index in [0.717, 1.165) is 0 Å². The van der Waals surface area contributed by atoms with Crippen LogP contribution in [-0.2, 0) is 6.61 Å². The molecule has 3 aromatic rings. The monoisotopic (exact) mass is 405 g/mol. The van der Waals surface area contributed by atoms with Crippen LogP contribution in [0.15, 0.2) is 66.4 Å². The molecular formula is C23H16FNO5. The fraction of sp³-hybridized carbons (Fsp3) is 0.0870. The van der Waals surface area contributed by atoms with E-state index in [9.17, 15) is 19.3 Å². The fourth-order valence-corrected chi connectivity index (χ4v) is 3.23. The number of allylic oxidation sites excluding steroid dienone is 1. The largest absolute Gasteiger partial charge is 0.489 e. The van der Waals surface area contributed by atoms with Gasteiger partial charge in [-0.25, -0.2) is 4.39 Å². The Bertz CT molecular complexity index is 1200. The Hall–Kier alpha value is -4.00. The first-order valence-corrected chi connectivity index (χ1v) is 9.11. The Balaban J connectivity index is 1.57. The Kier molecular flexibility index (Phi) is 5.02. The van der Waals surface area contributed by atoms with Crippen molar-refractivity contribution in [2.45, 2.75) is 13.5 Å². The van der Waals surface area contributed by atoms with Gasteiger partial charge in [0.1, 0.15) is 23.9 Å². The minimum Gasteiger partial charge on any atom is -0.489 e. The molecule has 0 saturated heterocycles. The lowest BCUT2D eigenvalue weighted by atomic mass is 10.0. The Morgan fingerprint density at radius 3 is 2.70 bits per heavy atom. The third-order valence-corrected chi connectivity index (χ3v) is 4.62. The number of ketones is 1. The van der Waals surface area contributed by atoms with Gasteiger partial charge in [-0.15, -0.1) is 0 Å². The van der Waals surface area contributed by atoms with Gasteiger partial charge in [-0.1, -0.05) is 24.3 Å². The lowest BCUT2D eigenvalue weighted by molar-refractivity contribution is -0.384. The van der Waals surface area contributed by atoms with Gasteiger partial charge in [0.2, 0.25) is 5.78 Å². The summed E-state index contributed by atoms with van der Waals surface area (Å²) in [5.74, 6) is 0.276. The van der Waals surface area contributed by atoms with Crippen molar-refractivity contribution in [3.8, 4) is 11.5 Å². The Labute approximate surface area is 171 Å². The summed E-state index contributed by atoms with van der Waals surface area (Å²) >= 11 is 0. The number of rotatable bonds is 5. The van der Waals surface area contributed by atoms with Crippen molar-refractivity contribution in [3.05, 3.63) is 105 Å². The SMILES string of the molecule is Cc1cc(OCc2cccc(F)c2)cc2c1C(=O)/C(=C/c1cccc([N+](=O)[O-])c1)O2. The lowest BCUT2D eigenvalue weighted by Crippen LogP contribution is -2.00. The molecule has 0 spiro atoms. The number of nitro benzene ring substituents is 1. The Morgan fingerprint density at radius 1 is 1.13 bits per heavy atom. The molecule has 30 heavy (non-hydrogen) atoms. The summed E-state index contributed by atoms with van der Waals surface area (Å²) in [5, 5.41) is 11.0. The number of ether oxygens (including phenoxy) is 2. The predicted molar refractivity (Wildman–Crippen MR) is 108 cm³/mol. The van der Waals surface area contributed by atoms with E-state index >= 15 is 0 Å². The molecular weight excluding hydrogens is 389 g/mol. The van der Waals surface area contributed by atoms with E-state index < -0.39 is 4.92 Å². The summed E-state index contributed by atoms with van der Waals surface area (Å²) < 4.78 is 24.8. The first-order valence-electron chi connectivity index (χ1n) is 9.11.